The van der Waals surface area contributed by atoms with Crippen molar-refractivity contribution in [3.63, 3.8) is 0 Å². The number of rotatable bonds is 9. The van der Waals surface area contributed by atoms with Gasteiger partial charge in [0.2, 0.25) is 0 Å². The number of aromatic nitrogens is 2. The van der Waals surface area contributed by atoms with Gasteiger partial charge in [0.1, 0.15) is 12.1 Å². The normalized spacial score (nSPS) is 25.4. The van der Waals surface area contributed by atoms with Gasteiger partial charge in [-0.2, -0.15) is 0 Å². The summed E-state index contributed by atoms with van der Waals surface area (Å²) in [6.45, 7) is 3.35. The topological polar surface area (TPSA) is 98.4 Å². The number of carbonyl (C=O) groups is 3. The van der Waals surface area contributed by atoms with E-state index in [1.807, 2.05) is 9.91 Å². The standard InChI is InChI=1S/C18H27N5O3/c1-13(25)17-5-3-7-23(17)21-16(8-14-9-19-12-20-14)18(26)10-22-6-2-4-15(22)11-24/h9,11-12,15-17,21H,2-8,10H2,1H3,(H,19,20)/t15-,16-,17-/m0/s1. The van der Waals surface area contributed by atoms with Gasteiger partial charge in [-0.25, -0.2) is 15.4 Å². The third-order valence-electron chi connectivity index (χ3n) is 5.34. The second-order valence-electron chi connectivity index (χ2n) is 7.21. The highest BCUT2D eigenvalue weighted by Gasteiger charge is 2.33. The number of Topliss-reactive ketones (excluding diaryl/α,β-unsaturated/α-hetero) is 2. The summed E-state index contributed by atoms with van der Waals surface area (Å²) < 4.78 is 0. The van der Waals surface area contributed by atoms with E-state index in [2.05, 4.69) is 15.4 Å². The molecule has 0 saturated carbocycles. The minimum Gasteiger partial charge on any atom is -0.348 e. The lowest BCUT2D eigenvalue weighted by Crippen LogP contribution is -2.55. The maximum atomic E-state index is 13.0. The van der Waals surface area contributed by atoms with E-state index in [1.165, 1.54) is 0 Å². The van der Waals surface area contributed by atoms with Crippen molar-refractivity contribution >= 4 is 17.9 Å². The van der Waals surface area contributed by atoms with Gasteiger partial charge in [0.05, 0.1) is 31.0 Å². The first-order valence-corrected chi connectivity index (χ1v) is 9.31. The van der Waals surface area contributed by atoms with Crippen LogP contribution in [0.25, 0.3) is 0 Å². The number of carbonyl (C=O) groups excluding carboxylic acids is 3. The predicted octanol–water partition coefficient (Wildman–Crippen LogP) is 0.111. The number of H-pyrrole nitrogens is 1. The number of aromatic amines is 1. The van der Waals surface area contributed by atoms with Gasteiger partial charge < -0.3 is 9.78 Å². The van der Waals surface area contributed by atoms with Crippen LogP contribution in [0.2, 0.25) is 0 Å². The van der Waals surface area contributed by atoms with Crippen LogP contribution >= 0.6 is 0 Å². The Labute approximate surface area is 153 Å². The molecule has 0 amide bonds. The summed E-state index contributed by atoms with van der Waals surface area (Å²) in [6, 6.07) is -0.798. The molecule has 2 fully saturated rings. The zero-order valence-electron chi connectivity index (χ0n) is 15.2. The molecule has 2 aliphatic rings. The van der Waals surface area contributed by atoms with Crippen LogP contribution in [0.1, 0.15) is 38.3 Å². The van der Waals surface area contributed by atoms with Crippen molar-refractivity contribution in [3.05, 3.63) is 18.2 Å². The van der Waals surface area contributed by atoms with E-state index in [-0.39, 0.29) is 30.2 Å². The van der Waals surface area contributed by atoms with Crippen molar-refractivity contribution in [2.24, 2.45) is 0 Å². The fraction of sp³-hybridized carbons (Fsp3) is 0.667. The molecule has 8 heteroatoms. The first-order chi connectivity index (χ1) is 12.6. The Morgan fingerprint density at radius 3 is 2.88 bits per heavy atom. The van der Waals surface area contributed by atoms with Gasteiger partial charge in [-0.1, -0.05) is 0 Å². The summed E-state index contributed by atoms with van der Waals surface area (Å²) in [4.78, 5) is 45.0. The number of nitrogens with one attached hydrogen (secondary N) is 2. The van der Waals surface area contributed by atoms with Crippen molar-refractivity contribution < 1.29 is 14.4 Å². The Hall–Kier alpha value is -1.90. The first kappa shape index (κ1) is 18.9. The van der Waals surface area contributed by atoms with E-state index in [0.29, 0.717) is 6.42 Å². The van der Waals surface area contributed by atoms with Crippen LogP contribution in [0, 0.1) is 0 Å². The van der Waals surface area contributed by atoms with Crippen molar-refractivity contribution in [3.8, 4) is 0 Å². The largest absolute Gasteiger partial charge is 0.348 e. The summed E-state index contributed by atoms with van der Waals surface area (Å²) in [5, 5.41) is 1.91. The molecule has 3 atom stereocenters. The number of hydrogen-bond acceptors (Lipinski definition) is 7. The van der Waals surface area contributed by atoms with Crippen LogP contribution < -0.4 is 5.43 Å². The molecule has 0 aromatic carbocycles. The SMILES string of the molecule is CC(=O)[C@@H]1CCCN1N[C@@H](Cc1cnc[nH]1)C(=O)CN1CCC[C@H]1C=O. The van der Waals surface area contributed by atoms with Gasteiger partial charge in [-0.15, -0.1) is 0 Å². The summed E-state index contributed by atoms with van der Waals surface area (Å²) in [6.07, 6.45) is 8.20. The smallest absolute Gasteiger partial charge is 0.165 e. The Balaban J connectivity index is 1.69. The minimum absolute atomic E-state index is 0.0301. The fourth-order valence-electron chi connectivity index (χ4n) is 3.90. The number of hydrazine groups is 1. The lowest BCUT2D eigenvalue weighted by Gasteiger charge is -2.30. The Kier molecular flexibility index (Phi) is 6.29. The van der Waals surface area contributed by atoms with Crippen molar-refractivity contribution in [1.29, 1.82) is 0 Å². The molecule has 1 aromatic heterocycles. The van der Waals surface area contributed by atoms with Gasteiger partial charge in [0.25, 0.3) is 0 Å². The van der Waals surface area contributed by atoms with E-state index in [0.717, 1.165) is 50.8 Å². The van der Waals surface area contributed by atoms with Gasteiger partial charge in [0, 0.05) is 24.9 Å². The molecule has 142 valence electrons. The molecule has 3 heterocycles. The number of aldehydes is 1. The van der Waals surface area contributed by atoms with Crippen LogP contribution in [0.15, 0.2) is 12.5 Å². The lowest BCUT2D eigenvalue weighted by molar-refractivity contribution is -0.127. The Bertz CT molecular complexity index is 633. The number of nitrogens with zero attached hydrogens (tertiary/aromatic N) is 3. The number of ketones is 2. The summed E-state index contributed by atoms with van der Waals surface area (Å²) in [5.74, 6) is 0.144. The molecule has 0 aliphatic carbocycles. The molecule has 26 heavy (non-hydrogen) atoms. The maximum absolute atomic E-state index is 13.0. The van der Waals surface area contributed by atoms with Gasteiger partial charge in [0.15, 0.2) is 5.78 Å². The van der Waals surface area contributed by atoms with Crippen molar-refractivity contribution in [1.82, 2.24) is 25.3 Å². The molecule has 8 nitrogen and oxygen atoms in total. The molecule has 2 saturated heterocycles. The van der Waals surface area contributed by atoms with Crippen molar-refractivity contribution in [2.45, 2.75) is 57.2 Å². The number of imidazole rings is 1. The van der Waals surface area contributed by atoms with Gasteiger partial charge >= 0.3 is 0 Å². The van der Waals surface area contributed by atoms with Gasteiger partial charge in [-0.3, -0.25) is 14.5 Å². The number of hydrogen-bond donors (Lipinski definition) is 2. The molecule has 1 aromatic rings. The van der Waals surface area contributed by atoms with Crippen LogP contribution in [0.3, 0.4) is 0 Å². The fourth-order valence-corrected chi connectivity index (χ4v) is 3.90. The van der Waals surface area contributed by atoms with Crippen LogP contribution in [0.4, 0.5) is 0 Å². The molecule has 0 unspecified atom stereocenters. The maximum Gasteiger partial charge on any atom is 0.165 e. The molecule has 3 rings (SSSR count). The molecular weight excluding hydrogens is 334 g/mol. The summed E-state index contributed by atoms with van der Waals surface area (Å²) >= 11 is 0. The minimum atomic E-state index is -0.455. The second-order valence-corrected chi connectivity index (χ2v) is 7.21. The van der Waals surface area contributed by atoms with Gasteiger partial charge in [-0.05, 0) is 39.2 Å². The zero-order valence-corrected chi connectivity index (χ0v) is 15.2. The predicted molar refractivity (Wildman–Crippen MR) is 95.3 cm³/mol. The monoisotopic (exact) mass is 361 g/mol. The number of likely N-dealkylation sites (tertiary alicyclic amines) is 1. The Morgan fingerprint density at radius 1 is 1.38 bits per heavy atom. The molecule has 0 bridgehead atoms. The van der Waals surface area contributed by atoms with E-state index in [4.69, 9.17) is 0 Å². The van der Waals surface area contributed by atoms with E-state index in [9.17, 15) is 14.4 Å². The third-order valence-corrected chi connectivity index (χ3v) is 5.34. The lowest BCUT2D eigenvalue weighted by atomic mass is 10.1. The van der Waals surface area contributed by atoms with Crippen LogP contribution in [-0.2, 0) is 20.8 Å². The average Bonchev–Trinajstić information content (AvgIpc) is 3.35. The quantitative estimate of drug-likeness (QED) is 0.603. The highest BCUT2D eigenvalue weighted by molar-refractivity contribution is 5.86. The average molecular weight is 361 g/mol. The van der Waals surface area contributed by atoms with E-state index in [1.54, 1.807) is 19.4 Å². The molecule has 0 radical (unpaired) electrons. The molecule has 2 aliphatic heterocycles. The summed E-state index contributed by atoms with van der Waals surface area (Å²) in [7, 11) is 0. The molecule has 2 N–H and O–H groups in total. The van der Waals surface area contributed by atoms with E-state index < -0.39 is 6.04 Å². The molecule has 0 spiro atoms. The van der Waals surface area contributed by atoms with Crippen LogP contribution in [-0.4, -0.2) is 75.5 Å². The zero-order chi connectivity index (χ0) is 18.5. The highest BCUT2D eigenvalue weighted by Crippen LogP contribution is 2.18. The Morgan fingerprint density at radius 2 is 2.19 bits per heavy atom. The second kappa shape index (κ2) is 8.66. The molecular formula is C18H27N5O3. The third kappa shape index (κ3) is 4.44. The van der Waals surface area contributed by atoms with Crippen LogP contribution in [0.5, 0.6) is 0 Å². The van der Waals surface area contributed by atoms with Crippen molar-refractivity contribution in [2.75, 3.05) is 19.6 Å². The summed E-state index contributed by atoms with van der Waals surface area (Å²) in [5.41, 5.74) is 4.16. The highest BCUT2D eigenvalue weighted by atomic mass is 16.1. The first-order valence-electron chi connectivity index (χ1n) is 9.31. The van der Waals surface area contributed by atoms with E-state index >= 15 is 0 Å².